The Labute approximate surface area is 104 Å². The Kier molecular flexibility index (Phi) is 3.68. The molecule has 2 unspecified atom stereocenters. The molecule has 1 fully saturated rings. The molecule has 0 aliphatic carbocycles. The van der Waals surface area contributed by atoms with Gasteiger partial charge in [0.1, 0.15) is 0 Å². The molecule has 1 heterocycles. The summed E-state index contributed by atoms with van der Waals surface area (Å²) in [6, 6.07) is -0.874. The van der Waals surface area contributed by atoms with Crippen LogP contribution in [0.4, 0.5) is 4.79 Å². The van der Waals surface area contributed by atoms with Gasteiger partial charge in [-0.2, -0.15) is 4.48 Å². The van der Waals surface area contributed by atoms with E-state index in [-0.39, 0.29) is 16.9 Å². The number of amides is 4. The fourth-order valence-corrected chi connectivity index (χ4v) is 1.93. The van der Waals surface area contributed by atoms with Crippen molar-refractivity contribution in [2.75, 3.05) is 13.6 Å². The van der Waals surface area contributed by atoms with Crippen molar-refractivity contribution in [1.82, 2.24) is 4.42 Å². The van der Waals surface area contributed by atoms with Crippen molar-refractivity contribution >= 4 is 35.4 Å². The highest BCUT2D eigenvalue weighted by molar-refractivity contribution is 6.67. The van der Waals surface area contributed by atoms with Gasteiger partial charge >= 0.3 is 23.6 Å². The number of quaternary nitrogens is 1. The molecule has 0 saturated carbocycles. The first-order valence-electron chi connectivity index (χ1n) is 5.24. The van der Waals surface area contributed by atoms with Crippen molar-refractivity contribution in [3.05, 3.63) is 0 Å². The van der Waals surface area contributed by atoms with Crippen LogP contribution >= 0.6 is 11.8 Å². The van der Waals surface area contributed by atoms with Crippen LogP contribution < -0.4 is 0 Å². The Morgan fingerprint density at radius 3 is 2.29 bits per heavy atom. The van der Waals surface area contributed by atoms with Crippen LogP contribution in [-0.2, 0) is 14.4 Å². The van der Waals surface area contributed by atoms with Gasteiger partial charge in [0.15, 0.2) is 0 Å². The molecule has 0 N–H and O–H groups in total. The van der Waals surface area contributed by atoms with Crippen molar-refractivity contribution in [1.29, 1.82) is 0 Å². The van der Waals surface area contributed by atoms with E-state index in [1.54, 1.807) is 0 Å². The summed E-state index contributed by atoms with van der Waals surface area (Å²) in [6.45, 7) is 3.90. The molecule has 17 heavy (non-hydrogen) atoms. The van der Waals surface area contributed by atoms with Gasteiger partial charge in [0.2, 0.25) is 0 Å². The molecule has 0 aromatic rings. The van der Waals surface area contributed by atoms with Crippen LogP contribution in [0.25, 0.3) is 0 Å². The number of halogens is 1. The number of rotatable bonds is 3. The number of hydrogen-bond acceptors (Lipinski definition) is 4. The number of imide groups is 2. The summed E-state index contributed by atoms with van der Waals surface area (Å²) in [5, 5.41) is 0. The molecule has 1 aliphatic heterocycles. The second kappa shape index (κ2) is 4.54. The van der Waals surface area contributed by atoms with E-state index in [1.165, 1.54) is 7.05 Å². The van der Waals surface area contributed by atoms with Gasteiger partial charge in [0.05, 0.1) is 13.6 Å². The van der Waals surface area contributed by atoms with Crippen LogP contribution in [0.5, 0.6) is 0 Å². The minimum atomic E-state index is -1.28. The maximum Gasteiger partial charge on any atom is 0.448 e. The Morgan fingerprint density at radius 2 is 1.82 bits per heavy atom. The first-order chi connectivity index (χ1) is 7.75. The quantitative estimate of drug-likeness (QED) is 0.426. The predicted molar refractivity (Wildman–Crippen MR) is 58.6 cm³/mol. The SMILES string of the molecule is CCC(C)C[N+]1(C)C(=O)C(=O)C(=O)N(Cl)C1=O. The third kappa shape index (κ3) is 2.10. The Hall–Kier alpha value is -1.27. The molecule has 4 amide bonds. The topological polar surface area (TPSA) is 71.5 Å². The Morgan fingerprint density at radius 1 is 1.29 bits per heavy atom. The van der Waals surface area contributed by atoms with Gasteiger partial charge in [-0.25, -0.2) is 9.59 Å². The van der Waals surface area contributed by atoms with Gasteiger partial charge in [-0.1, -0.05) is 13.8 Å². The summed E-state index contributed by atoms with van der Waals surface area (Å²) in [6.07, 6.45) is 0.749. The van der Waals surface area contributed by atoms with Gasteiger partial charge in [-0.05, 0) is 6.42 Å². The monoisotopic (exact) mass is 261 g/mol. The van der Waals surface area contributed by atoms with Gasteiger partial charge < -0.3 is 0 Å². The lowest BCUT2D eigenvalue weighted by molar-refractivity contribution is -0.755. The molecule has 1 saturated heterocycles. The van der Waals surface area contributed by atoms with Gasteiger partial charge in [-0.3, -0.25) is 9.59 Å². The van der Waals surface area contributed by atoms with Crippen molar-refractivity contribution in [2.45, 2.75) is 20.3 Å². The maximum atomic E-state index is 11.8. The average molecular weight is 262 g/mol. The summed E-state index contributed by atoms with van der Waals surface area (Å²) in [5.41, 5.74) is 0. The number of likely N-dealkylation sites (N-methyl/N-ethyl adjacent to an activating group) is 1. The molecule has 94 valence electrons. The lowest BCUT2D eigenvalue weighted by atomic mass is 10.1. The minimum Gasteiger partial charge on any atom is -0.273 e. The number of urea groups is 1. The summed E-state index contributed by atoms with van der Waals surface area (Å²) >= 11 is 5.43. The highest BCUT2D eigenvalue weighted by atomic mass is 35.5. The van der Waals surface area contributed by atoms with Crippen LogP contribution in [0.3, 0.4) is 0 Å². The van der Waals surface area contributed by atoms with Crippen LogP contribution in [0, 0.1) is 5.92 Å². The van der Waals surface area contributed by atoms with E-state index in [9.17, 15) is 19.2 Å². The first kappa shape index (κ1) is 13.8. The minimum absolute atomic E-state index is 0.0546. The van der Waals surface area contributed by atoms with E-state index in [4.69, 9.17) is 11.8 Å². The van der Waals surface area contributed by atoms with Crippen molar-refractivity contribution in [2.24, 2.45) is 5.92 Å². The number of barbiturate groups is 1. The number of carbonyl (C=O) groups is 4. The molecule has 2 atom stereocenters. The molecule has 1 rings (SSSR count). The molecule has 0 radical (unpaired) electrons. The molecule has 1 aliphatic rings. The highest BCUT2D eigenvalue weighted by Gasteiger charge is 2.57. The van der Waals surface area contributed by atoms with Gasteiger partial charge in [-0.15, -0.1) is 4.42 Å². The number of ketones is 1. The van der Waals surface area contributed by atoms with E-state index in [0.29, 0.717) is 0 Å². The van der Waals surface area contributed by atoms with Gasteiger partial charge in [0.25, 0.3) is 0 Å². The van der Waals surface area contributed by atoms with E-state index in [0.717, 1.165) is 6.42 Å². The second-order valence-electron chi connectivity index (χ2n) is 4.39. The van der Waals surface area contributed by atoms with Gasteiger partial charge in [0, 0.05) is 17.7 Å². The average Bonchev–Trinajstić information content (AvgIpc) is 2.32. The molecule has 7 heteroatoms. The van der Waals surface area contributed by atoms with E-state index in [1.807, 2.05) is 13.8 Å². The standard InChI is InChI=1S/C10H14ClN2O4/c1-4-6(2)5-13(3)9(16)7(14)8(15)12(11)10(13)17/h6H,4-5H2,1-3H3/q+1. The second-order valence-corrected chi connectivity index (χ2v) is 4.73. The summed E-state index contributed by atoms with van der Waals surface area (Å²) in [5.74, 6) is -3.48. The number of Topliss-reactive ketones (excluding diaryl/α,β-unsaturated/α-hetero) is 1. The fourth-order valence-electron chi connectivity index (χ4n) is 1.69. The maximum absolute atomic E-state index is 11.8. The van der Waals surface area contributed by atoms with E-state index in [2.05, 4.69) is 0 Å². The Balaban J connectivity index is 3.12. The number of hydrogen-bond donors (Lipinski definition) is 0. The largest absolute Gasteiger partial charge is 0.448 e. The normalized spacial score (nSPS) is 27.6. The molecular formula is C10H14ClN2O4+. The van der Waals surface area contributed by atoms with Crippen molar-refractivity contribution in [3.63, 3.8) is 0 Å². The van der Waals surface area contributed by atoms with Crippen molar-refractivity contribution in [3.8, 4) is 0 Å². The zero-order chi connectivity index (χ0) is 13.4. The van der Waals surface area contributed by atoms with Crippen LogP contribution in [0.2, 0.25) is 0 Å². The molecule has 0 spiro atoms. The van der Waals surface area contributed by atoms with Crippen molar-refractivity contribution < 1.29 is 23.7 Å². The molecule has 0 aromatic heterocycles. The fraction of sp³-hybridized carbons (Fsp3) is 0.600. The van der Waals surface area contributed by atoms with Crippen LogP contribution in [0.1, 0.15) is 20.3 Å². The summed E-state index contributed by atoms with van der Waals surface area (Å²) < 4.78 is -0.574. The first-order valence-corrected chi connectivity index (χ1v) is 5.58. The third-order valence-electron chi connectivity index (χ3n) is 2.98. The summed E-state index contributed by atoms with van der Waals surface area (Å²) in [4.78, 5) is 46.2. The smallest absolute Gasteiger partial charge is 0.273 e. The lowest BCUT2D eigenvalue weighted by Crippen LogP contribution is -2.68. The molecule has 6 nitrogen and oxygen atoms in total. The van der Waals surface area contributed by atoms with E-state index < -0.39 is 28.1 Å². The van der Waals surface area contributed by atoms with Crippen LogP contribution in [0.15, 0.2) is 0 Å². The van der Waals surface area contributed by atoms with Crippen LogP contribution in [-0.4, -0.2) is 46.1 Å². The molecule has 0 aromatic carbocycles. The number of nitrogens with zero attached hydrogens (tertiary/aromatic N) is 2. The van der Waals surface area contributed by atoms with E-state index >= 15 is 0 Å². The zero-order valence-electron chi connectivity index (χ0n) is 9.90. The third-order valence-corrected chi connectivity index (χ3v) is 3.28. The highest BCUT2D eigenvalue weighted by Crippen LogP contribution is 2.22. The molecule has 0 bridgehead atoms. The zero-order valence-corrected chi connectivity index (χ0v) is 10.7. The summed E-state index contributed by atoms with van der Waals surface area (Å²) in [7, 11) is 1.30. The predicted octanol–water partition coefficient (Wildman–Crippen LogP) is 0.691. The lowest BCUT2D eigenvalue weighted by Gasteiger charge is -2.34. The Bertz CT molecular complexity index is 409. The molecular weight excluding hydrogens is 248 g/mol. The number of carbonyl (C=O) groups excluding carboxylic acids is 4.